The highest BCUT2D eigenvalue weighted by Gasteiger charge is 2.21. The summed E-state index contributed by atoms with van der Waals surface area (Å²) in [6.45, 7) is 2.47. The van der Waals surface area contributed by atoms with Crippen LogP contribution in [0.3, 0.4) is 0 Å². The zero-order valence-corrected chi connectivity index (χ0v) is 12.4. The van der Waals surface area contributed by atoms with Gasteiger partial charge in [0, 0.05) is 30.4 Å². The van der Waals surface area contributed by atoms with Crippen LogP contribution in [-0.2, 0) is 4.79 Å². The van der Waals surface area contributed by atoms with Crippen molar-refractivity contribution in [2.24, 2.45) is 0 Å². The van der Waals surface area contributed by atoms with E-state index in [2.05, 4.69) is 10.3 Å². The van der Waals surface area contributed by atoms with Gasteiger partial charge in [-0.05, 0) is 33.2 Å². The summed E-state index contributed by atoms with van der Waals surface area (Å²) in [7, 11) is 3.77. The largest absolute Gasteiger partial charge is 0.387 e. The molecule has 0 radical (unpaired) electrons. The first kappa shape index (κ1) is 15.9. The third kappa shape index (κ3) is 7.15. The predicted octanol–water partition coefficient (Wildman–Crippen LogP) is 0.602. The van der Waals surface area contributed by atoms with Gasteiger partial charge in [0.05, 0.1) is 11.4 Å². The number of hydrogen-bond acceptors (Lipinski definition) is 5. The first-order chi connectivity index (χ1) is 8.89. The second-order valence-corrected chi connectivity index (χ2v) is 6.03. The van der Waals surface area contributed by atoms with Crippen LogP contribution in [0, 0.1) is 0 Å². The van der Waals surface area contributed by atoms with Gasteiger partial charge in [0.1, 0.15) is 0 Å². The Bertz CT molecular complexity index is 396. The van der Waals surface area contributed by atoms with Crippen molar-refractivity contribution in [2.75, 3.05) is 32.9 Å². The average molecular weight is 283 g/mol. The number of likely N-dealkylation sites (N-methyl/N-ethyl adjacent to an activating group) is 1. The Balaban J connectivity index is 2.28. The minimum Gasteiger partial charge on any atom is -0.387 e. The summed E-state index contributed by atoms with van der Waals surface area (Å²) in [4.78, 5) is 18.5. The molecule has 1 aromatic heterocycles. The molecule has 0 bridgehead atoms. The number of carbonyl (C=O) groups excluding carboxylic acids is 1. The molecule has 1 rings (SSSR count). The smallest absolute Gasteiger partial charge is 0.230 e. The van der Waals surface area contributed by atoms with E-state index >= 15 is 0 Å². The monoisotopic (exact) mass is 283 g/mol. The van der Waals surface area contributed by atoms with Crippen LogP contribution in [0.5, 0.6) is 0 Å². The number of aliphatic hydroxyl groups is 1. The summed E-state index contributed by atoms with van der Waals surface area (Å²) in [5.74, 6) is 0.253. The molecule has 1 unspecified atom stereocenters. The fourth-order valence-electron chi connectivity index (χ4n) is 1.66. The van der Waals surface area contributed by atoms with E-state index in [1.165, 1.54) is 11.8 Å². The van der Waals surface area contributed by atoms with E-state index in [0.29, 0.717) is 12.3 Å². The van der Waals surface area contributed by atoms with Crippen molar-refractivity contribution < 1.29 is 9.90 Å². The molecule has 1 atom stereocenters. The Morgan fingerprint density at radius 3 is 2.68 bits per heavy atom. The molecule has 0 aliphatic rings. The number of aromatic nitrogens is 1. The number of rotatable bonds is 7. The molecule has 0 aliphatic carbocycles. The molecule has 2 N–H and O–H groups in total. The summed E-state index contributed by atoms with van der Waals surface area (Å²) < 4.78 is 0. The van der Waals surface area contributed by atoms with Gasteiger partial charge in [0.15, 0.2) is 0 Å². The maximum atomic E-state index is 11.7. The number of nitrogens with zero attached hydrogens (tertiary/aromatic N) is 2. The summed E-state index contributed by atoms with van der Waals surface area (Å²) in [6, 6.07) is 3.72. The zero-order chi connectivity index (χ0) is 14.3. The summed E-state index contributed by atoms with van der Waals surface area (Å²) in [5, 5.41) is 12.8. The number of amides is 1. The van der Waals surface area contributed by atoms with Crippen molar-refractivity contribution in [2.45, 2.75) is 17.4 Å². The summed E-state index contributed by atoms with van der Waals surface area (Å²) in [5.41, 5.74) is -0.916. The SMILES string of the molecule is CN(C)CC(C)(O)CNC(=O)CSc1ccncc1. The van der Waals surface area contributed by atoms with Gasteiger partial charge >= 0.3 is 0 Å². The van der Waals surface area contributed by atoms with Gasteiger partial charge in [0.25, 0.3) is 0 Å². The van der Waals surface area contributed by atoms with E-state index in [1.807, 2.05) is 31.1 Å². The Morgan fingerprint density at radius 2 is 2.11 bits per heavy atom. The van der Waals surface area contributed by atoms with Crippen molar-refractivity contribution in [3.8, 4) is 0 Å². The van der Waals surface area contributed by atoms with Crippen LogP contribution in [0.1, 0.15) is 6.92 Å². The second-order valence-electron chi connectivity index (χ2n) is 4.98. The third-order valence-corrected chi connectivity index (χ3v) is 3.35. The number of pyridine rings is 1. The van der Waals surface area contributed by atoms with Gasteiger partial charge in [-0.3, -0.25) is 9.78 Å². The number of hydrogen-bond donors (Lipinski definition) is 2. The molecular weight excluding hydrogens is 262 g/mol. The standard InChI is InChI=1S/C13H21N3O2S/c1-13(18,10-16(2)3)9-15-12(17)8-19-11-4-6-14-7-5-11/h4-7,18H,8-10H2,1-3H3,(H,15,17). The van der Waals surface area contributed by atoms with Crippen molar-refractivity contribution in [1.29, 1.82) is 0 Å². The quantitative estimate of drug-likeness (QED) is 0.718. The van der Waals surface area contributed by atoms with Gasteiger partial charge in [-0.15, -0.1) is 11.8 Å². The second kappa shape index (κ2) is 7.47. The van der Waals surface area contributed by atoms with Crippen molar-refractivity contribution in [3.05, 3.63) is 24.5 Å². The molecule has 0 aromatic carbocycles. The van der Waals surface area contributed by atoms with Crippen molar-refractivity contribution in [1.82, 2.24) is 15.2 Å². The van der Waals surface area contributed by atoms with Crippen LogP contribution < -0.4 is 5.32 Å². The minimum absolute atomic E-state index is 0.0826. The van der Waals surface area contributed by atoms with Crippen LogP contribution in [0.15, 0.2) is 29.4 Å². The predicted molar refractivity (Wildman–Crippen MR) is 77.1 cm³/mol. The molecule has 19 heavy (non-hydrogen) atoms. The molecule has 0 fully saturated rings. The molecule has 0 aliphatic heterocycles. The van der Waals surface area contributed by atoms with Crippen LogP contribution in [-0.4, -0.2) is 59.4 Å². The summed E-state index contributed by atoms with van der Waals surface area (Å²) in [6.07, 6.45) is 3.39. The van der Waals surface area contributed by atoms with Gasteiger partial charge in [-0.2, -0.15) is 0 Å². The van der Waals surface area contributed by atoms with Gasteiger partial charge < -0.3 is 15.3 Å². The minimum atomic E-state index is -0.916. The topological polar surface area (TPSA) is 65.5 Å². The fourth-order valence-corrected chi connectivity index (χ4v) is 2.37. The van der Waals surface area contributed by atoms with Crippen LogP contribution >= 0.6 is 11.8 Å². The molecule has 0 spiro atoms. The number of nitrogens with one attached hydrogen (secondary N) is 1. The maximum absolute atomic E-state index is 11.7. The Hall–Kier alpha value is -1.11. The molecule has 1 amide bonds. The number of thioether (sulfide) groups is 1. The molecule has 1 heterocycles. The maximum Gasteiger partial charge on any atom is 0.230 e. The van der Waals surface area contributed by atoms with Gasteiger partial charge in [-0.25, -0.2) is 0 Å². The Morgan fingerprint density at radius 1 is 1.47 bits per heavy atom. The molecule has 0 saturated carbocycles. The first-order valence-corrected chi connectivity index (χ1v) is 7.04. The molecule has 106 valence electrons. The lowest BCUT2D eigenvalue weighted by atomic mass is 10.1. The normalized spacial score (nSPS) is 14.2. The van der Waals surface area contributed by atoms with E-state index in [-0.39, 0.29) is 12.5 Å². The first-order valence-electron chi connectivity index (χ1n) is 6.06. The van der Waals surface area contributed by atoms with E-state index in [0.717, 1.165) is 4.90 Å². The van der Waals surface area contributed by atoms with E-state index in [9.17, 15) is 9.90 Å². The van der Waals surface area contributed by atoms with E-state index in [4.69, 9.17) is 0 Å². The van der Waals surface area contributed by atoms with Gasteiger partial charge in [0.2, 0.25) is 5.91 Å². The highest BCUT2D eigenvalue weighted by Crippen LogP contribution is 2.15. The molecular formula is C13H21N3O2S. The van der Waals surface area contributed by atoms with Crippen LogP contribution in [0.4, 0.5) is 0 Å². The molecule has 1 aromatic rings. The summed E-state index contributed by atoms with van der Waals surface area (Å²) >= 11 is 1.45. The lowest BCUT2D eigenvalue weighted by Gasteiger charge is -2.27. The van der Waals surface area contributed by atoms with Crippen LogP contribution in [0.2, 0.25) is 0 Å². The fraction of sp³-hybridized carbons (Fsp3) is 0.538. The highest BCUT2D eigenvalue weighted by molar-refractivity contribution is 8.00. The third-order valence-electron chi connectivity index (χ3n) is 2.34. The average Bonchev–Trinajstić information content (AvgIpc) is 2.34. The molecule has 6 heteroatoms. The Kier molecular flexibility index (Phi) is 6.27. The van der Waals surface area contributed by atoms with Crippen LogP contribution in [0.25, 0.3) is 0 Å². The van der Waals surface area contributed by atoms with Gasteiger partial charge in [-0.1, -0.05) is 0 Å². The Labute approximate surface area is 118 Å². The zero-order valence-electron chi connectivity index (χ0n) is 11.6. The number of carbonyl (C=O) groups is 1. The van der Waals surface area contributed by atoms with Crippen molar-refractivity contribution in [3.63, 3.8) is 0 Å². The van der Waals surface area contributed by atoms with E-state index in [1.54, 1.807) is 19.3 Å². The molecule has 0 saturated heterocycles. The highest BCUT2D eigenvalue weighted by atomic mass is 32.2. The lowest BCUT2D eigenvalue weighted by Crippen LogP contribution is -2.47. The van der Waals surface area contributed by atoms with Crippen molar-refractivity contribution >= 4 is 17.7 Å². The lowest BCUT2D eigenvalue weighted by molar-refractivity contribution is -0.119. The van der Waals surface area contributed by atoms with E-state index < -0.39 is 5.60 Å². The molecule has 5 nitrogen and oxygen atoms in total.